The van der Waals surface area contributed by atoms with Gasteiger partial charge in [-0.3, -0.25) is 14.9 Å². The number of hydrogen-bond donors (Lipinski definition) is 1. The minimum Gasteiger partial charge on any atom is -0.392 e. The number of aliphatic hydroxyl groups is 1. The number of nitro groups is 1. The van der Waals surface area contributed by atoms with Crippen LogP contribution in [0.1, 0.15) is 42.1 Å². The van der Waals surface area contributed by atoms with Crippen molar-refractivity contribution in [2.24, 2.45) is 11.8 Å². The van der Waals surface area contributed by atoms with Crippen LogP contribution in [0, 0.1) is 22.0 Å². The van der Waals surface area contributed by atoms with Crippen LogP contribution in [0.4, 0.5) is 5.69 Å². The molecular weight excluding hydrogens is 296 g/mol. The van der Waals surface area contributed by atoms with Crippen molar-refractivity contribution in [2.45, 2.75) is 38.7 Å². The van der Waals surface area contributed by atoms with Gasteiger partial charge in [0.25, 0.3) is 11.6 Å². The second-order valence-electron chi connectivity index (χ2n) is 6.61. The van der Waals surface area contributed by atoms with Gasteiger partial charge < -0.3 is 10.0 Å². The fourth-order valence-electron chi connectivity index (χ4n) is 3.92. The van der Waals surface area contributed by atoms with Crippen LogP contribution < -0.4 is 0 Å². The number of nitrogens with zero attached hydrogens (tertiary/aromatic N) is 2. The second kappa shape index (κ2) is 6.28. The van der Waals surface area contributed by atoms with Gasteiger partial charge in [-0.15, -0.1) is 0 Å². The molecule has 1 saturated carbocycles. The van der Waals surface area contributed by atoms with Gasteiger partial charge in [0.15, 0.2) is 0 Å². The lowest BCUT2D eigenvalue weighted by Crippen LogP contribution is -2.53. The van der Waals surface area contributed by atoms with Gasteiger partial charge in [-0.2, -0.15) is 0 Å². The van der Waals surface area contributed by atoms with Crippen LogP contribution in [0.25, 0.3) is 0 Å². The van der Waals surface area contributed by atoms with Crippen LogP contribution >= 0.6 is 0 Å². The van der Waals surface area contributed by atoms with E-state index in [-0.39, 0.29) is 29.5 Å². The molecule has 124 valence electrons. The van der Waals surface area contributed by atoms with Gasteiger partial charge in [0.2, 0.25) is 0 Å². The van der Waals surface area contributed by atoms with Crippen molar-refractivity contribution >= 4 is 11.6 Å². The molecule has 2 atom stereocenters. The molecule has 2 fully saturated rings. The third kappa shape index (κ3) is 2.95. The summed E-state index contributed by atoms with van der Waals surface area (Å²) in [6, 6.07) is 4.74. The van der Waals surface area contributed by atoms with Gasteiger partial charge in [-0.1, -0.05) is 19.4 Å². The number of benzene rings is 1. The number of carbonyl (C=O) groups is 1. The lowest BCUT2D eigenvalue weighted by molar-refractivity contribution is -0.385. The van der Waals surface area contributed by atoms with E-state index in [2.05, 4.69) is 0 Å². The lowest BCUT2D eigenvalue weighted by Gasteiger charge is -2.45. The Morgan fingerprint density at radius 1 is 1.35 bits per heavy atom. The minimum absolute atomic E-state index is 0.00980. The van der Waals surface area contributed by atoms with E-state index < -0.39 is 4.92 Å². The number of piperidine rings is 1. The second-order valence-corrected chi connectivity index (χ2v) is 6.61. The molecule has 1 N–H and O–H groups in total. The van der Waals surface area contributed by atoms with Crippen molar-refractivity contribution in [1.29, 1.82) is 0 Å². The maximum absolute atomic E-state index is 12.7. The minimum atomic E-state index is -0.426. The Balaban J connectivity index is 1.83. The Labute approximate surface area is 135 Å². The van der Waals surface area contributed by atoms with Crippen LogP contribution in [0.5, 0.6) is 0 Å². The van der Waals surface area contributed by atoms with Crippen LogP contribution in [-0.2, 0) is 6.42 Å². The quantitative estimate of drug-likeness (QED) is 0.685. The number of hydrogen-bond acceptors (Lipinski definition) is 4. The highest BCUT2D eigenvalue weighted by atomic mass is 16.6. The summed E-state index contributed by atoms with van der Waals surface area (Å²) in [5.41, 5.74) is 1.01. The molecule has 1 aliphatic carbocycles. The number of rotatable bonds is 3. The highest BCUT2D eigenvalue weighted by Gasteiger charge is 2.40. The lowest BCUT2D eigenvalue weighted by atomic mass is 9.75. The predicted molar refractivity (Wildman–Crippen MR) is 85.2 cm³/mol. The van der Waals surface area contributed by atoms with E-state index >= 15 is 0 Å². The summed E-state index contributed by atoms with van der Waals surface area (Å²) in [4.78, 5) is 25.2. The summed E-state index contributed by atoms with van der Waals surface area (Å²) >= 11 is 0. The summed E-state index contributed by atoms with van der Waals surface area (Å²) in [7, 11) is 0. The summed E-state index contributed by atoms with van der Waals surface area (Å²) < 4.78 is 0. The molecule has 1 amide bonds. The highest BCUT2D eigenvalue weighted by molar-refractivity contribution is 5.95. The Morgan fingerprint density at radius 2 is 2.00 bits per heavy atom. The molecular formula is C17H22N2O4. The molecule has 0 spiro atoms. The number of fused-ring (bicyclic) bond motifs is 2. The Hall–Kier alpha value is -1.95. The highest BCUT2D eigenvalue weighted by Crippen LogP contribution is 2.35. The first-order valence-corrected chi connectivity index (χ1v) is 8.26. The molecule has 3 rings (SSSR count). The van der Waals surface area contributed by atoms with E-state index in [4.69, 9.17) is 0 Å². The molecule has 0 radical (unpaired) electrons. The monoisotopic (exact) mass is 318 g/mol. The number of amides is 1. The maximum Gasteiger partial charge on any atom is 0.273 e. The Morgan fingerprint density at radius 3 is 2.57 bits per heavy atom. The molecule has 1 aliphatic heterocycles. The fraction of sp³-hybridized carbons (Fsp3) is 0.588. The van der Waals surface area contributed by atoms with Gasteiger partial charge in [-0.05, 0) is 25.3 Å². The van der Waals surface area contributed by atoms with Gasteiger partial charge in [0.1, 0.15) is 0 Å². The van der Waals surface area contributed by atoms with E-state index in [0.717, 1.165) is 19.3 Å². The van der Waals surface area contributed by atoms with Crippen molar-refractivity contribution in [3.8, 4) is 0 Å². The standard InChI is InChI=1S/C17H22N2O4/c1-2-11-6-7-12(8-15(11)19(22)23)17(21)18-9-13-4-3-5-14(10-18)16(13)20/h6-8,13-14,16,20H,2-5,9-10H2,1H3. The SMILES string of the molecule is CCc1ccc(C(=O)N2CC3CCCC(C2)C3O)cc1[N+](=O)[O-]. The smallest absolute Gasteiger partial charge is 0.273 e. The first-order valence-electron chi connectivity index (χ1n) is 8.26. The largest absolute Gasteiger partial charge is 0.392 e. The normalized spacial score (nSPS) is 26.9. The van der Waals surface area contributed by atoms with Gasteiger partial charge in [0.05, 0.1) is 11.0 Å². The summed E-state index contributed by atoms with van der Waals surface area (Å²) in [6.07, 6.45) is 3.23. The maximum atomic E-state index is 12.7. The Bertz CT molecular complexity index is 617. The fourth-order valence-corrected chi connectivity index (χ4v) is 3.92. The van der Waals surface area contributed by atoms with Crippen LogP contribution in [0.2, 0.25) is 0 Å². The molecule has 2 bridgehead atoms. The van der Waals surface area contributed by atoms with Crippen molar-refractivity contribution < 1.29 is 14.8 Å². The molecule has 1 aromatic rings. The predicted octanol–water partition coefficient (Wildman–Crippen LogP) is 2.39. The van der Waals surface area contributed by atoms with E-state index in [1.54, 1.807) is 17.0 Å². The van der Waals surface area contributed by atoms with Crippen LogP contribution in [-0.4, -0.2) is 40.0 Å². The van der Waals surface area contributed by atoms with Crippen molar-refractivity contribution in [3.05, 3.63) is 39.4 Å². The van der Waals surface area contributed by atoms with Gasteiger partial charge >= 0.3 is 0 Å². The van der Waals surface area contributed by atoms with E-state index in [1.807, 2.05) is 6.92 Å². The van der Waals surface area contributed by atoms with Crippen molar-refractivity contribution in [2.75, 3.05) is 13.1 Å². The third-order valence-electron chi connectivity index (χ3n) is 5.22. The van der Waals surface area contributed by atoms with Crippen LogP contribution in [0.3, 0.4) is 0 Å². The summed E-state index contributed by atoms with van der Waals surface area (Å²) in [5, 5.41) is 21.4. The Kier molecular flexibility index (Phi) is 4.35. The topological polar surface area (TPSA) is 83.7 Å². The van der Waals surface area contributed by atoms with Gasteiger partial charge in [0, 0.05) is 42.1 Å². The average molecular weight is 318 g/mol. The molecule has 1 saturated heterocycles. The molecule has 23 heavy (non-hydrogen) atoms. The number of aliphatic hydroxyl groups excluding tert-OH is 1. The van der Waals surface area contributed by atoms with Gasteiger partial charge in [-0.25, -0.2) is 0 Å². The third-order valence-corrected chi connectivity index (χ3v) is 5.22. The molecule has 0 aromatic heterocycles. The summed E-state index contributed by atoms with van der Waals surface area (Å²) in [6.45, 7) is 2.94. The molecule has 2 unspecified atom stereocenters. The number of nitro benzene ring substituents is 1. The first-order chi connectivity index (χ1) is 11.0. The van der Waals surface area contributed by atoms with E-state index in [9.17, 15) is 20.0 Å². The zero-order chi connectivity index (χ0) is 16.6. The number of likely N-dealkylation sites (tertiary alicyclic amines) is 1. The zero-order valence-corrected chi connectivity index (χ0v) is 13.3. The van der Waals surface area contributed by atoms with Crippen molar-refractivity contribution in [3.63, 3.8) is 0 Å². The number of carbonyl (C=O) groups excluding carboxylic acids is 1. The molecule has 6 nitrogen and oxygen atoms in total. The summed E-state index contributed by atoms with van der Waals surface area (Å²) in [5.74, 6) is 0.104. The van der Waals surface area contributed by atoms with Crippen LogP contribution in [0.15, 0.2) is 18.2 Å². The number of aryl methyl sites for hydroxylation is 1. The van der Waals surface area contributed by atoms with Crippen molar-refractivity contribution in [1.82, 2.24) is 4.90 Å². The zero-order valence-electron chi connectivity index (χ0n) is 13.3. The molecule has 2 aliphatic rings. The molecule has 6 heteroatoms. The molecule has 1 aromatic carbocycles. The van der Waals surface area contributed by atoms with E-state index in [0.29, 0.717) is 30.6 Å². The van der Waals surface area contributed by atoms with E-state index in [1.165, 1.54) is 6.07 Å². The molecule has 1 heterocycles. The average Bonchev–Trinajstić information content (AvgIpc) is 2.53. The first kappa shape index (κ1) is 15.9.